The molecule has 0 unspecified atom stereocenters. The Hall–Kier alpha value is -0.680. The van der Waals surface area contributed by atoms with Gasteiger partial charge in [0.2, 0.25) is 0 Å². The molecule has 1 N–H and O–H groups in total. The Bertz CT molecular complexity index is 398. The van der Waals surface area contributed by atoms with Gasteiger partial charge in [-0.1, -0.05) is 0 Å². The molecule has 1 atom stereocenters. The molecule has 2 nitrogen and oxygen atoms in total. The van der Waals surface area contributed by atoms with Crippen LogP contribution in [-0.2, 0) is 0 Å². The molecule has 88 valence electrons. The van der Waals surface area contributed by atoms with E-state index in [2.05, 4.69) is 21.2 Å². The summed E-state index contributed by atoms with van der Waals surface area (Å²) in [4.78, 5) is 1.89. The summed E-state index contributed by atoms with van der Waals surface area (Å²) in [6, 6.07) is 2.60. The Kier molecular flexibility index (Phi) is 3.44. The molecule has 0 saturated carbocycles. The molecule has 2 rings (SSSR count). The van der Waals surface area contributed by atoms with E-state index >= 15 is 0 Å². The minimum Gasteiger partial charge on any atom is -0.364 e. The molecule has 5 heteroatoms. The van der Waals surface area contributed by atoms with Gasteiger partial charge in [0.05, 0.1) is 10.2 Å². The summed E-state index contributed by atoms with van der Waals surface area (Å²) < 4.78 is 27.3. The van der Waals surface area contributed by atoms with Gasteiger partial charge in [0.15, 0.2) is 0 Å². The van der Waals surface area contributed by atoms with Crippen molar-refractivity contribution in [1.29, 1.82) is 0 Å². The molecule has 0 amide bonds. The fraction of sp³-hybridized carbons (Fsp3) is 0.455. The minimum absolute atomic E-state index is 0.163. The maximum absolute atomic E-state index is 13.7. The molecule has 1 aromatic carbocycles. The molecule has 1 aromatic rings. The van der Waals surface area contributed by atoms with Crippen LogP contribution in [0.25, 0.3) is 0 Å². The topological polar surface area (TPSA) is 15.3 Å². The van der Waals surface area contributed by atoms with Crippen molar-refractivity contribution in [1.82, 2.24) is 5.32 Å². The number of anilines is 1. The summed E-state index contributed by atoms with van der Waals surface area (Å²) in [6.45, 7) is 4.27. The Labute approximate surface area is 102 Å². The Morgan fingerprint density at radius 3 is 2.81 bits per heavy atom. The van der Waals surface area contributed by atoms with Crippen molar-refractivity contribution in [2.45, 2.75) is 13.0 Å². The van der Waals surface area contributed by atoms with Crippen LogP contribution in [0.2, 0.25) is 0 Å². The van der Waals surface area contributed by atoms with Gasteiger partial charge in [0.25, 0.3) is 0 Å². The number of halogens is 3. The number of piperazine rings is 1. The first-order valence-electron chi connectivity index (χ1n) is 5.21. The van der Waals surface area contributed by atoms with Gasteiger partial charge in [0, 0.05) is 31.7 Å². The SMILES string of the molecule is C[C@@H]1CNCCN1c1cc(F)c(Br)cc1F. The molecular formula is C11H13BrF2N2. The second-order valence-electron chi connectivity index (χ2n) is 3.96. The van der Waals surface area contributed by atoms with E-state index in [1.807, 2.05) is 11.8 Å². The molecule has 1 aliphatic heterocycles. The van der Waals surface area contributed by atoms with Crippen LogP contribution in [0.4, 0.5) is 14.5 Å². The largest absolute Gasteiger partial charge is 0.364 e. The Balaban J connectivity index is 2.35. The van der Waals surface area contributed by atoms with E-state index in [1.165, 1.54) is 12.1 Å². The fourth-order valence-electron chi connectivity index (χ4n) is 1.93. The third-order valence-electron chi connectivity index (χ3n) is 2.80. The molecule has 1 saturated heterocycles. The highest BCUT2D eigenvalue weighted by Crippen LogP contribution is 2.27. The monoisotopic (exact) mass is 290 g/mol. The average Bonchev–Trinajstić information content (AvgIpc) is 2.25. The number of nitrogens with one attached hydrogen (secondary N) is 1. The van der Waals surface area contributed by atoms with E-state index < -0.39 is 5.82 Å². The van der Waals surface area contributed by atoms with E-state index in [9.17, 15) is 8.78 Å². The number of benzene rings is 1. The summed E-state index contributed by atoms with van der Waals surface area (Å²) in [5, 5.41) is 3.21. The van der Waals surface area contributed by atoms with Gasteiger partial charge in [-0.25, -0.2) is 8.78 Å². The van der Waals surface area contributed by atoms with Crippen LogP contribution < -0.4 is 10.2 Å². The molecule has 1 aliphatic rings. The van der Waals surface area contributed by atoms with E-state index in [0.29, 0.717) is 12.2 Å². The lowest BCUT2D eigenvalue weighted by atomic mass is 10.1. The van der Waals surface area contributed by atoms with Crippen molar-refractivity contribution in [2.24, 2.45) is 0 Å². The molecular weight excluding hydrogens is 278 g/mol. The summed E-state index contributed by atoms with van der Waals surface area (Å²) in [5.74, 6) is -0.816. The van der Waals surface area contributed by atoms with E-state index in [0.717, 1.165) is 13.1 Å². The first-order chi connectivity index (χ1) is 7.59. The molecule has 0 aliphatic carbocycles. The number of hydrogen-bond acceptors (Lipinski definition) is 2. The maximum atomic E-state index is 13.7. The lowest BCUT2D eigenvalue weighted by Gasteiger charge is -2.36. The highest BCUT2D eigenvalue weighted by Gasteiger charge is 2.22. The van der Waals surface area contributed by atoms with Gasteiger partial charge in [-0.3, -0.25) is 0 Å². The molecule has 16 heavy (non-hydrogen) atoms. The maximum Gasteiger partial charge on any atom is 0.147 e. The standard InChI is InChI=1S/C11H13BrF2N2/c1-7-6-15-2-3-16(7)11-5-9(13)8(12)4-10(11)14/h4-5,7,15H,2-3,6H2,1H3/t7-/m1/s1. The molecule has 0 bridgehead atoms. The van der Waals surface area contributed by atoms with Crippen molar-refractivity contribution in [3.05, 3.63) is 28.2 Å². The van der Waals surface area contributed by atoms with Crippen molar-refractivity contribution in [3.8, 4) is 0 Å². The third kappa shape index (κ3) is 2.20. The van der Waals surface area contributed by atoms with Gasteiger partial charge in [-0.05, 0) is 28.9 Å². The smallest absolute Gasteiger partial charge is 0.147 e. The summed E-state index contributed by atoms with van der Waals surface area (Å²) >= 11 is 2.97. The lowest BCUT2D eigenvalue weighted by molar-refractivity contribution is 0.488. The quantitative estimate of drug-likeness (QED) is 0.800. The van der Waals surface area contributed by atoms with Crippen LogP contribution in [0.15, 0.2) is 16.6 Å². The van der Waals surface area contributed by atoms with Gasteiger partial charge >= 0.3 is 0 Å². The number of nitrogens with zero attached hydrogens (tertiary/aromatic N) is 1. The van der Waals surface area contributed by atoms with E-state index in [4.69, 9.17) is 0 Å². The van der Waals surface area contributed by atoms with Gasteiger partial charge in [0.1, 0.15) is 11.6 Å². The van der Waals surface area contributed by atoms with Crippen LogP contribution >= 0.6 is 15.9 Å². The third-order valence-corrected chi connectivity index (χ3v) is 3.41. The fourth-order valence-corrected chi connectivity index (χ4v) is 2.25. The van der Waals surface area contributed by atoms with Gasteiger partial charge in [-0.2, -0.15) is 0 Å². The van der Waals surface area contributed by atoms with Crippen LogP contribution in [0.1, 0.15) is 6.92 Å². The summed E-state index contributed by atoms with van der Waals surface area (Å²) in [7, 11) is 0. The number of hydrogen-bond donors (Lipinski definition) is 1. The summed E-state index contributed by atoms with van der Waals surface area (Å²) in [5.41, 5.74) is 0.342. The molecule has 0 spiro atoms. The van der Waals surface area contributed by atoms with Crippen LogP contribution in [0.3, 0.4) is 0 Å². The van der Waals surface area contributed by atoms with Crippen molar-refractivity contribution < 1.29 is 8.78 Å². The summed E-state index contributed by atoms with van der Waals surface area (Å²) in [6.07, 6.45) is 0. The normalized spacial score (nSPS) is 21.2. The predicted octanol–water partition coefficient (Wildman–Crippen LogP) is 2.53. The molecule has 0 radical (unpaired) electrons. The van der Waals surface area contributed by atoms with E-state index in [1.54, 1.807) is 0 Å². The highest BCUT2D eigenvalue weighted by molar-refractivity contribution is 9.10. The average molecular weight is 291 g/mol. The highest BCUT2D eigenvalue weighted by atomic mass is 79.9. The van der Waals surface area contributed by atoms with Crippen LogP contribution in [0.5, 0.6) is 0 Å². The van der Waals surface area contributed by atoms with Crippen LogP contribution in [-0.4, -0.2) is 25.7 Å². The predicted molar refractivity (Wildman–Crippen MR) is 63.7 cm³/mol. The Morgan fingerprint density at radius 1 is 1.38 bits per heavy atom. The second-order valence-corrected chi connectivity index (χ2v) is 4.82. The van der Waals surface area contributed by atoms with Gasteiger partial charge in [-0.15, -0.1) is 0 Å². The zero-order chi connectivity index (χ0) is 11.7. The molecule has 1 heterocycles. The Morgan fingerprint density at radius 2 is 2.12 bits per heavy atom. The van der Waals surface area contributed by atoms with Crippen LogP contribution in [0, 0.1) is 11.6 Å². The number of rotatable bonds is 1. The second kappa shape index (κ2) is 4.67. The van der Waals surface area contributed by atoms with Crippen molar-refractivity contribution >= 4 is 21.6 Å². The minimum atomic E-state index is -0.429. The molecule has 1 fully saturated rings. The van der Waals surface area contributed by atoms with Crippen molar-refractivity contribution in [3.63, 3.8) is 0 Å². The van der Waals surface area contributed by atoms with Crippen molar-refractivity contribution in [2.75, 3.05) is 24.5 Å². The zero-order valence-corrected chi connectivity index (χ0v) is 10.5. The molecule has 0 aromatic heterocycles. The van der Waals surface area contributed by atoms with Gasteiger partial charge < -0.3 is 10.2 Å². The lowest BCUT2D eigenvalue weighted by Crippen LogP contribution is -2.50. The first kappa shape index (κ1) is 11.8. The zero-order valence-electron chi connectivity index (χ0n) is 8.93. The first-order valence-corrected chi connectivity index (χ1v) is 6.01. The van der Waals surface area contributed by atoms with E-state index in [-0.39, 0.29) is 16.3 Å².